The molecule has 1 aliphatic rings. The molecule has 1 saturated carbocycles. The Bertz CT molecular complexity index is 598. The Balaban J connectivity index is 1.73. The summed E-state index contributed by atoms with van der Waals surface area (Å²) in [6, 6.07) is 0.703. The van der Waals surface area contributed by atoms with Crippen LogP contribution in [0.25, 0.3) is 5.65 Å². The lowest BCUT2D eigenvalue weighted by Gasteiger charge is -2.11. The van der Waals surface area contributed by atoms with Crippen molar-refractivity contribution in [2.45, 2.75) is 32.4 Å². The molecule has 18 heavy (non-hydrogen) atoms. The Hall–Kier alpha value is -1.69. The van der Waals surface area contributed by atoms with Gasteiger partial charge in [0.1, 0.15) is 0 Å². The van der Waals surface area contributed by atoms with Crippen LogP contribution < -0.4 is 11.0 Å². The molecular formula is C12H17N5O. The third kappa shape index (κ3) is 2.28. The molecule has 6 heteroatoms. The molecule has 1 atom stereocenters. The van der Waals surface area contributed by atoms with Crippen molar-refractivity contribution in [2.75, 3.05) is 6.54 Å². The number of hydrogen-bond acceptors (Lipinski definition) is 4. The summed E-state index contributed by atoms with van der Waals surface area (Å²) in [6.45, 7) is 3.70. The van der Waals surface area contributed by atoms with Crippen molar-refractivity contribution >= 4 is 5.65 Å². The molecule has 0 radical (unpaired) electrons. The second-order valence-electron chi connectivity index (χ2n) is 5.06. The van der Waals surface area contributed by atoms with Gasteiger partial charge in [-0.1, -0.05) is 6.92 Å². The summed E-state index contributed by atoms with van der Waals surface area (Å²) in [4.78, 5) is 16.0. The fraction of sp³-hybridized carbons (Fsp3) is 0.583. The van der Waals surface area contributed by atoms with Crippen LogP contribution in [0, 0.1) is 5.92 Å². The van der Waals surface area contributed by atoms with E-state index in [9.17, 15) is 4.79 Å². The maximum atomic E-state index is 12.0. The minimum absolute atomic E-state index is 0.0920. The smallest absolute Gasteiger partial charge is 0.314 e. The predicted octanol–water partition coefficient (Wildman–Crippen LogP) is 0.279. The van der Waals surface area contributed by atoms with Crippen molar-refractivity contribution in [1.29, 1.82) is 0 Å². The first-order chi connectivity index (χ1) is 8.74. The van der Waals surface area contributed by atoms with Crippen molar-refractivity contribution < 1.29 is 0 Å². The zero-order chi connectivity index (χ0) is 12.5. The maximum Gasteiger partial charge on any atom is 0.350 e. The highest BCUT2D eigenvalue weighted by Gasteiger charge is 2.21. The van der Waals surface area contributed by atoms with Gasteiger partial charge in [0.15, 0.2) is 5.65 Å². The van der Waals surface area contributed by atoms with Gasteiger partial charge in [-0.25, -0.2) is 13.9 Å². The van der Waals surface area contributed by atoms with Crippen LogP contribution in [0.3, 0.4) is 0 Å². The van der Waals surface area contributed by atoms with Gasteiger partial charge >= 0.3 is 5.69 Å². The van der Waals surface area contributed by atoms with Gasteiger partial charge in [-0.2, -0.15) is 0 Å². The summed E-state index contributed by atoms with van der Waals surface area (Å²) in [5, 5.41) is 7.74. The fourth-order valence-corrected chi connectivity index (χ4v) is 2.01. The molecule has 1 fully saturated rings. The van der Waals surface area contributed by atoms with Gasteiger partial charge in [0.2, 0.25) is 0 Å². The first kappa shape index (κ1) is 11.4. The highest BCUT2D eigenvalue weighted by atomic mass is 16.2. The Morgan fingerprint density at radius 3 is 3.11 bits per heavy atom. The zero-order valence-electron chi connectivity index (χ0n) is 10.4. The van der Waals surface area contributed by atoms with Crippen molar-refractivity contribution in [3.8, 4) is 0 Å². The lowest BCUT2D eigenvalue weighted by molar-refractivity contribution is 0.414. The summed E-state index contributed by atoms with van der Waals surface area (Å²) < 4.78 is 3.05. The maximum absolute atomic E-state index is 12.0. The van der Waals surface area contributed by atoms with Gasteiger partial charge in [0, 0.05) is 18.4 Å². The fourth-order valence-electron chi connectivity index (χ4n) is 2.01. The topological polar surface area (TPSA) is 64.2 Å². The molecule has 0 aliphatic heterocycles. The molecule has 1 aliphatic carbocycles. The summed E-state index contributed by atoms with van der Waals surface area (Å²) in [5.41, 5.74) is 0.510. The van der Waals surface area contributed by atoms with E-state index in [0.29, 0.717) is 24.2 Å². The number of rotatable bonds is 5. The molecule has 2 aromatic rings. The Kier molecular flexibility index (Phi) is 2.87. The standard InChI is InChI=1S/C12H17N5O/c1-9(6-14-10-2-3-10)8-17-12(18)16-5-4-13-7-11(16)15-17/h4-5,7,9-10,14H,2-3,6,8H2,1H3. The van der Waals surface area contributed by atoms with E-state index in [1.165, 1.54) is 21.9 Å². The van der Waals surface area contributed by atoms with Gasteiger partial charge in [-0.05, 0) is 25.3 Å². The molecule has 2 aromatic heterocycles. The number of nitrogens with zero attached hydrogens (tertiary/aromatic N) is 4. The van der Waals surface area contributed by atoms with E-state index in [1.54, 1.807) is 18.6 Å². The van der Waals surface area contributed by atoms with Gasteiger partial charge in [0.05, 0.1) is 12.7 Å². The summed E-state index contributed by atoms with van der Waals surface area (Å²) >= 11 is 0. The highest BCUT2D eigenvalue weighted by Crippen LogP contribution is 2.18. The van der Waals surface area contributed by atoms with Gasteiger partial charge < -0.3 is 5.32 Å². The number of nitrogens with one attached hydrogen (secondary N) is 1. The summed E-state index contributed by atoms with van der Waals surface area (Å²) in [6.07, 6.45) is 7.41. The van der Waals surface area contributed by atoms with E-state index in [1.807, 2.05) is 0 Å². The highest BCUT2D eigenvalue weighted by molar-refractivity contribution is 5.31. The van der Waals surface area contributed by atoms with Crippen molar-refractivity contribution in [3.05, 3.63) is 29.1 Å². The van der Waals surface area contributed by atoms with Crippen LogP contribution in [0.2, 0.25) is 0 Å². The molecule has 0 saturated heterocycles. The average molecular weight is 247 g/mol. The summed E-state index contributed by atoms with van der Waals surface area (Å²) in [7, 11) is 0. The molecule has 1 N–H and O–H groups in total. The molecule has 6 nitrogen and oxygen atoms in total. The average Bonchev–Trinajstić information content (AvgIpc) is 3.15. The molecule has 0 spiro atoms. The van der Waals surface area contributed by atoms with Gasteiger partial charge in [-0.15, -0.1) is 5.10 Å². The number of hydrogen-bond donors (Lipinski definition) is 1. The zero-order valence-corrected chi connectivity index (χ0v) is 10.4. The Morgan fingerprint density at radius 1 is 1.56 bits per heavy atom. The van der Waals surface area contributed by atoms with E-state index in [4.69, 9.17) is 0 Å². The SMILES string of the molecule is CC(CNC1CC1)Cn1nc2cnccn2c1=O. The first-order valence-electron chi connectivity index (χ1n) is 6.36. The van der Waals surface area contributed by atoms with Crippen LogP contribution in [-0.4, -0.2) is 31.8 Å². The van der Waals surface area contributed by atoms with Crippen LogP contribution in [0.15, 0.2) is 23.4 Å². The quantitative estimate of drug-likeness (QED) is 0.824. The van der Waals surface area contributed by atoms with E-state index in [-0.39, 0.29) is 5.69 Å². The summed E-state index contributed by atoms with van der Waals surface area (Å²) in [5.74, 6) is 0.390. The van der Waals surface area contributed by atoms with Crippen LogP contribution >= 0.6 is 0 Å². The number of aromatic nitrogens is 4. The number of fused-ring (bicyclic) bond motifs is 1. The first-order valence-corrected chi connectivity index (χ1v) is 6.36. The molecule has 1 unspecified atom stereocenters. The molecule has 96 valence electrons. The lowest BCUT2D eigenvalue weighted by atomic mass is 10.2. The van der Waals surface area contributed by atoms with E-state index in [0.717, 1.165) is 6.54 Å². The normalized spacial score (nSPS) is 17.2. The molecule has 2 heterocycles. The third-order valence-corrected chi connectivity index (χ3v) is 3.21. The molecule has 3 rings (SSSR count). The van der Waals surface area contributed by atoms with E-state index >= 15 is 0 Å². The minimum Gasteiger partial charge on any atom is -0.314 e. The predicted molar refractivity (Wildman–Crippen MR) is 67.4 cm³/mol. The molecule has 0 aromatic carbocycles. The molecular weight excluding hydrogens is 230 g/mol. The van der Waals surface area contributed by atoms with Crippen LogP contribution in [0.5, 0.6) is 0 Å². The largest absolute Gasteiger partial charge is 0.350 e. The second-order valence-corrected chi connectivity index (χ2v) is 5.06. The van der Waals surface area contributed by atoms with Gasteiger partial charge in [-0.3, -0.25) is 4.98 Å². The second kappa shape index (κ2) is 4.53. The van der Waals surface area contributed by atoms with Crippen LogP contribution in [-0.2, 0) is 6.54 Å². The lowest BCUT2D eigenvalue weighted by Crippen LogP contribution is -2.30. The monoisotopic (exact) mass is 247 g/mol. The third-order valence-electron chi connectivity index (χ3n) is 3.21. The van der Waals surface area contributed by atoms with Gasteiger partial charge in [0.25, 0.3) is 0 Å². The minimum atomic E-state index is -0.0920. The Morgan fingerprint density at radius 2 is 2.39 bits per heavy atom. The Labute approximate surface area is 105 Å². The molecule has 0 bridgehead atoms. The van der Waals surface area contributed by atoms with E-state index in [2.05, 4.69) is 22.3 Å². The van der Waals surface area contributed by atoms with Crippen molar-refractivity contribution in [3.63, 3.8) is 0 Å². The van der Waals surface area contributed by atoms with Crippen LogP contribution in [0.1, 0.15) is 19.8 Å². The van der Waals surface area contributed by atoms with Crippen molar-refractivity contribution in [1.82, 2.24) is 24.5 Å². The molecule has 0 amide bonds. The van der Waals surface area contributed by atoms with Crippen LogP contribution in [0.4, 0.5) is 0 Å². The van der Waals surface area contributed by atoms with Crippen molar-refractivity contribution in [2.24, 2.45) is 5.92 Å². The van der Waals surface area contributed by atoms with E-state index < -0.39 is 0 Å².